The Kier molecular flexibility index (Phi) is 15.1. The predicted molar refractivity (Wildman–Crippen MR) is 241 cm³/mol. The maximum Gasteiger partial charge on any atom is 0.0532 e. The number of hydrogen-bond donors (Lipinski definition) is 0. The minimum Gasteiger partial charge on any atom is -0.338 e. The van der Waals surface area contributed by atoms with Crippen LogP contribution in [0.3, 0.4) is 0 Å². The second kappa shape index (κ2) is 20.6. The third-order valence-corrected chi connectivity index (χ3v) is 12.1. The first-order valence-corrected chi connectivity index (χ1v) is 22.1. The van der Waals surface area contributed by atoms with E-state index in [1.165, 1.54) is 110 Å². The lowest BCUT2D eigenvalue weighted by molar-refractivity contribution is 0.411. The molecule has 55 heavy (non-hydrogen) atoms. The molecule has 0 heterocycles. The molecule has 0 amide bonds. The number of benzene rings is 5. The summed E-state index contributed by atoms with van der Waals surface area (Å²) >= 11 is 0. The number of rotatable bonds is 20. The fraction of sp³-hybridized carbons (Fsp3) is 0.434. The Morgan fingerprint density at radius 1 is 0.509 bits per heavy atom. The first-order valence-electron chi connectivity index (χ1n) is 22.1. The summed E-state index contributed by atoms with van der Waals surface area (Å²) in [5, 5.41) is 0. The molecule has 0 saturated carbocycles. The largest absolute Gasteiger partial charge is 0.338 e. The van der Waals surface area contributed by atoms with E-state index in [1.807, 2.05) is 0 Å². The Morgan fingerprint density at radius 3 is 1.75 bits per heavy atom. The molecular formula is C53H68N2. The molecule has 2 heteroatoms. The summed E-state index contributed by atoms with van der Waals surface area (Å²) in [5.41, 5.74) is 15.7. The van der Waals surface area contributed by atoms with Crippen LogP contribution in [0.5, 0.6) is 0 Å². The van der Waals surface area contributed by atoms with E-state index in [-0.39, 0.29) is 0 Å². The van der Waals surface area contributed by atoms with Crippen LogP contribution in [0, 0.1) is 5.92 Å². The molecule has 2 unspecified atom stereocenters. The molecule has 0 aliphatic heterocycles. The zero-order chi connectivity index (χ0) is 38.4. The fourth-order valence-electron chi connectivity index (χ4n) is 9.30. The Hall–Kier alpha value is -4.30. The van der Waals surface area contributed by atoms with Gasteiger partial charge in [-0.1, -0.05) is 158 Å². The minimum atomic E-state index is 0.473. The lowest BCUT2D eigenvalue weighted by atomic mass is 9.80. The second-order valence-corrected chi connectivity index (χ2v) is 16.2. The van der Waals surface area contributed by atoms with Gasteiger partial charge in [0.05, 0.1) is 5.69 Å². The Labute approximate surface area is 335 Å². The molecule has 2 nitrogen and oxygen atoms in total. The normalized spacial score (nSPS) is 13.6. The van der Waals surface area contributed by atoms with Crippen LogP contribution in [-0.2, 0) is 25.7 Å². The van der Waals surface area contributed by atoms with Crippen LogP contribution in [0.2, 0.25) is 0 Å². The van der Waals surface area contributed by atoms with E-state index >= 15 is 0 Å². The smallest absolute Gasteiger partial charge is 0.0532 e. The van der Waals surface area contributed by atoms with Crippen molar-refractivity contribution in [3.8, 4) is 11.1 Å². The van der Waals surface area contributed by atoms with E-state index in [2.05, 4.69) is 160 Å². The first-order chi connectivity index (χ1) is 27.1. The van der Waals surface area contributed by atoms with Crippen molar-refractivity contribution in [1.82, 2.24) is 0 Å². The van der Waals surface area contributed by atoms with Crippen LogP contribution in [0.1, 0.15) is 134 Å². The monoisotopic (exact) mass is 733 g/mol. The number of fused-ring (bicyclic) bond motifs is 1. The highest BCUT2D eigenvalue weighted by atomic mass is 15.2. The number of unbranched alkanes of at least 4 members (excludes halogenated alkanes) is 3. The zero-order valence-corrected chi connectivity index (χ0v) is 34.8. The van der Waals surface area contributed by atoms with Gasteiger partial charge in [0.2, 0.25) is 0 Å². The highest BCUT2D eigenvalue weighted by Crippen LogP contribution is 2.51. The molecular weight excluding hydrogens is 665 g/mol. The van der Waals surface area contributed by atoms with Crippen LogP contribution in [0.25, 0.3) is 11.1 Å². The summed E-state index contributed by atoms with van der Waals surface area (Å²) in [7, 11) is 0. The summed E-state index contributed by atoms with van der Waals surface area (Å²) in [4.78, 5) is 5.53. The minimum absolute atomic E-state index is 0.473. The van der Waals surface area contributed by atoms with Gasteiger partial charge in [-0.2, -0.15) is 0 Å². The number of anilines is 5. The van der Waals surface area contributed by atoms with Gasteiger partial charge in [0.15, 0.2) is 0 Å². The Morgan fingerprint density at radius 2 is 1.11 bits per heavy atom. The second-order valence-electron chi connectivity index (χ2n) is 16.2. The Bertz CT molecular complexity index is 1880. The SMILES string of the molecule is CCCCCC(C)CCC(CCCC)N(c1ccccc1)c1c(CCC)c(CC)c(N(c2ccccc2)c2cccc(-c3ccccc3)c2)c2c1CCCC2. The van der Waals surface area contributed by atoms with Crippen LogP contribution >= 0.6 is 0 Å². The highest BCUT2D eigenvalue weighted by molar-refractivity contribution is 5.88. The van der Waals surface area contributed by atoms with Gasteiger partial charge in [-0.15, -0.1) is 0 Å². The van der Waals surface area contributed by atoms with E-state index in [4.69, 9.17) is 0 Å². The molecule has 5 aromatic rings. The molecule has 2 atom stereocenters. The standard InChI is InChI=1S/C53H68N2/c1-6-10-15-26-41(5)38-39-46(30-11-7-2)54(44-31-18-13-19-32-44)53-49(25-8-3)48(9-4)52(50-36-22-23-37-51(50)53)55(45-33-20-14-21-34-45)47-35-24-29-43(40-47)42-27-16-12-17-28-42/h12-14,16-21,24,27-29,31-35,40-41,46H,6-11,15,22-23,25-26,30,36-39H2,1-5H3. The quantitative estimate of drug-likeness (QED) is 0.0735. The van der Waals surface area contributed by atoms with Crippen molar-refractivity contribution < 1.29 is 0 Å². The van der Waals surface area contributed by atoms with E-state index in [9.17, 15) is 0 Å². The molecule has 0 spiro atoms. The van der Waals surface area contributed by atoms with Crippen molar-refractivity contribution in [1.29, 1.82) is 0 Å². The van der Waals surface area contributed by atoms with Crippen LogP contribution in [-0.4, -0.2) is 6.04 Å². The number of hydrogen-bond acceptors (Lipinski definition) is 2. The van der Waals surface area contributed by atoms with E-state index in [1.54, 1.807) is 22.4 Å². The first kappa shape index (κ1) is 40.4. The van der Waals surface area contributed by atoms with E-state index in [0.29, 0.717) is 6.04 Å². The van der Waals surface area contributed by atoms with Crippen molar-refractivity contribution in [3.05, 3.63) is 138 Å². The summed E-state index contributed by atoms with van der Waals surface area (Å²) in [6.45, 7) is 12.0. The number of nitrogens with zero attached hydrogens (tertiary/aromatic N) is 2. The van der Waals surface area contributed by atoms with E-state index < -0.39 is 0 Å². The number of para-hydroxylation sites is 2. The fourth-order valence-corrected chi connectivity index (χ4v) is 9.30. The van der Waals surface area contributed by atoms with Crippen molar-refractivity contribution >= 4 is 28.4 Å². The average molecular weight is 733 g/mol. The topological polar surface area (TPSA) is 6.48 Å². The maximum atomic E-state index is 2.90. The van der Waals surface area contributed by atoms with Crippen molar-refractivity contribution in [2.45, 2.75) is 143 Å². The van der Waals surface area contributed by atoms with Gasteiger partial charge in [0.1, 0.15) is 0 Å². The summed E-state index contributed by atoms with van der Waals surface area (Å²) in [5.74, 6) is 0.761. The van der Waals surface area contributed by atoms with Crippen molar-refractivity contribution in [2.24, 2.45) is 5.92 Å². The van der Waals surface area contributed by atoms with Gasteiger partial charge in [0, 0.05) is 28.8 Å². The summed E-state index contributed by atoms with van der Waals surface area (Å²) in [6.07, 6.45) is 19.6. The molecule has 5 aromatic carbocycles. The lowest BCUT2D eigenvalue weighted by Gasteiger charge is -2.42. The average Bonchev–Trinajstić information content (AvgIpc) is 3.24. The summed E-state index contributed by atoms with van der Waals surface area (Å²) in [6, 6.07) is 43.4. The van der Waals surface area contributed by atoms with Crippen LogP contribution < -0.4 is 9.80 Å². The van der Waals surface area contributed by atoms with Crippen LogP contribution in [0.4, 0.5) is 28.4 Å². The van der Waals surface area contributed by atoms with Gasteiger partial charge in [-0.05, 0) is 133 Å². The van der Waals surface area contributed by atoms with Crippen molar-refractivity contribution in [2.75, 3.05) is 9.80 Å². The third kappa shape index (κ3) is 9.75. The molecule has 0 saturated heterocycles. The van der Waals surface area contributed by atoms with Gasteiger partial charge in [-0.25, -0.2) is 0 Å². The van der Waals surface area contributed by atoms with Crippen molar-refractivity contribution in [3.63, 3.8) is 0 Å². The molecule has 0 fully saturated rings. The molecule has 6 rings (SSSR count). The summed E-state index contributed by atoms with van der Waals surface area (Å²) < 4.78 is 0. The van der Waals surface area contributed by atoms with Crippen LogP contribution in [0.15, 0.2) is 115 Å². The third-order valence-electron chi connectivity index (χ3n) is 12.1. The van der Waals surface area contributed by atoms with E-state index in [0.717, 1.165) is 38.0 Å². The molecule has 0 bridgehead atoms. The lowest BCUT2D eigenvalue weighted by Crippen LogP contribution is -2.35. The van der Waals surface area contributed by atoms with Gasteiger partial charge in [0.25, 0.3) is 0 Å². The van der Waals surface area contributed by atoms with Gasteiger partial charge >= 0.3 is 0 Å². The molecule has 0 aromatic heterocycles. The molecule has 0 radical (unpaired) electrons. The highest BCUT2D eigenvalue weighted by Gasteiger charge is 2.33. The molecule has 1 aliphatic carbocycles. The maximum absolute atomic E-state index is 2.90. The molecule has 290 valence electrons. The molecule has 1 aliphatic rings. The van der Waals surface area contributed by atoms with Gasteiger partial charge < -0.3 is 9.80 Å². The Balaban J connectivity index is 1.59. The predicted octanol–water partition coefficient (Wildman–Crippen LogP) is 15.9. The molecule has 0 N–H and O–H groups in total. The zero-order valence-electron chi connectivity index (χ0n) is 34.8. The van der Waals surface area contributed by atoms with Gasteiger partial charge in [-0.3, -0.25) is 0 Å².